The molecule has 2 rings (SSSR count). The first-order chi connectivity index (χ1) is 8.72. The number of nitrogens with zero attached hydrogens (tertiary/aromatic N) is 1. The van der Waals surface area contributed by atoms with Crippen LogP contribution in [-0.4, -0.2) is 4.57 Å². The monoisotopic (exact) mass is 239 g/mol. The van der Waals surface area contributed by atoms with Crippen LogP contribution in [0.15, 0.2) is 60.0 Å². The Kier molecular flexibility index (Phi) is 3.78. The van der Waals surface area contributed by atoms with Crippen LogP contribution in [0.5, 0.6) is 0 Å². The van der Waals surface area contributed by atoms with Gasteiger partial charge in [0, 0.05) is 11.8 Å². The summed E-state index contributed by atoms with van der Waals surface area (Å²) < 4.78 is 1.72. The number of benzene rings is 1. The Labute approximate surface area is 107 Å². The van der Waals surface area contributed by atoms with Crippen molar-refractivity contribution in [3.05, 3.63) is 76.7 Å². The zero-order valence-electron chi connectivity index (χ0n) is 10.6. The van der Waals surface area contributed by atoms with Gasteiger partial charge in [-0.2, -0.15) is 0 Å². The molecule has 18 heavy (non-hydrogen) atoms. The van der Waals surface area contributed by atoms with Gasteiger partial charge in [-0.1, -0.05) is 49.9 Å². The van der Waals surface area contributed by atoms with E-state index in [2.05, 4.69) is 6.58 Å². The third-order valence-corrected chi connectivity index (χ3v) is 3.02. The van der Waals surface area contributed by atoms with Crippen LogP contribution in [0.25, 0.3) is 5.57 Å². The minimum atomic E-state index is 0.0806. The number of aryl methyl sites for hydroxylation is 1. The van der Waals surface area contributed by atoms with Crippen LogP contribution in [-0.2, 0) is 13.0 Å². The third-order valence-electron chi connectivity index (χ3n) is 3.02. The van der Waals surface area contributed by atoms with Gasteiger partial charge in [0.2, 0.25) is 0 Å². The van der Waals surface area contributed by atoms with Gasteiger partial charge in [-0.05, 0) is 23.6 Å². The van der Waals surface area contributed by atoms with Crippen LogP contribution < -0.4 is 5.56 Å². The largest absolute Gasteiger partial charge is 0.311 e. The van der Waals surface area contributed by atoms with E-state index in [-0.39, 0.29) is 5.56 Å². The van der Waals surface area contributed by atoms with Gasteiger partial charge in [-0.3, -0.25) is 4.79 Å². The summed E-state index contributed by atoms with van der Waals surface area (Å²) in [6.45, 7) is 6.59. The van der Waals surface area contributed by atoms with Crippen LogP contribution in [0.2, 0.25) is 0 Å². The molecule has 0 N–H and O–H groups in total. The van der Waals surface area contributed by atoms with Crippen molar-refractivity contribution in [3.8, 4) is 0 Å². The Hall–Kier alpha value is -2.09. The zero-order chi connectivity index (χ0) is 13.0. The molecule has 2 nitrogen and oxygen atoms in total. The highest BCUT2D eigenvalue weighted by Crippen LogP contribution is 2.13. The van der Waals surface area contributed by atoms with Gasteiger partial charge in [0.05, 0.1) is 6.54 Å². The lowest BCUT2D eigenvalue weighted by Crippen LogP contribution is -2.22. The van der Waals surface area contributed by atoms with Crippen molar-refractivity contribution in [2.45, 2.75) is 19.9 Å². The van der Waals surface area contributed by atoms with Crippen molar-refractivity contribution in [2.75, 3.05) is 0 Å². The van der Waals surface area contributed by atoms with Crippen LogP contribution in [0.3, 0.4) is 0 Å². The molecular formula is C16H17NO. The van der Waals surface area contributed by atoms with Gasteiger partial charge < -0.3 is 4.57 Å². The molecule has 0 radical (unpaired) electrons. The normalized spacial score (nSPS) is 10.3. The summed E-state index contributed by atoms with van der Waals surface area (Å²) in [5.41, 5.74) is 2.95. The molecule has 0 aliphatic rings. The molecule has 1 heterocycles. The Morgan fingerprint density at radius 2 is 1.89 bits per heavy atom. The molecule has 0 amide bonds. The van der Waals surface area contributed by atoms with Crippen molar-refractivity contribution in [1.29, 1.82) is 0 Å². The lowest BCUT2D eigenvalue weighted by Gasteiger charge is -2.10. The summed E-state index contributed by atoms with van der Waals surface area (Å²) in [6, 6.07) is 13.7. The zero-order valence-corrected chi connectivity index (χ0v) is 10.6. The minimum absolute atomic E-state index is 0.0806. The molecule has 1 aromatic heterocycles. The molecule has 0 bridgehead atoms. The molecule has 0 saturated heterocycles. The molecule has 0 atom stereocenters. The fraction of sp³-hybridized carbons (Fsp3) is 0.188. The van der Waals surface area contributed by atoms with Crippen LogP contribution in [0.4, 0.5) is 0 Å². The first-order valence-electron chi connectivity index (χ1n) is 6.14. The van der Waals surface area contributed by atoms with Gasteiger partial charge >= 0.3 is 0 Å². The predicted octanol–water partition coefficient (Wildman–Crippen LogP) is 3.12. The number of rotatable bonds is 4. The summed E-state index contributed by atoms with van der Waals surface area (Å²) in [7, 11) is 0. The van der Waals surface area contributed by atoms with E-state index in [1.165, 1.54) is 0 Å². The van der Waals surface area contributed by atoms with Crippen LogP contribution >= 0.6 is 0 Å². The van der Waals surface area contributed by atoms with E-state index in [1.807, 2.05) is 55.6 Å². The van der Waals surface area contributed by atoms with E-state index in [0.29, 0.717) is 6.54 Å². The smallest absolute Gasteiger partial charge is 0.254 e. The molecule has 0 spiro atoms. The second-order valence-electron chi connectivity index (χ2n) is 4.29. The van der Waals surface area contributed by atoms with Gasteiger partial charge in [0.15, 0.2) is 0 Å². The van der Waals surface area contributed by atoms with Gasteiger partial charge in [-0.25, -0.2) is 0 Å². The fourth-order valence-corrected chi connectivity index (χ4v) is 1.95. The second-order valence-corrected chi connectivity index (χ2v) is 4.29. The standard InChI is InChI=1S/C16H17NO/c1-3-14-10-7-11-17(16(14)18)12-13(2)15-8-5-4-6-9-15/h4-11H,2-3,12H2,1H3. The maximum Gasteiger partial charge on any atom is 0.254 e. The van der Waals surface area contributed by atoms with Crippen molar-refractivity contribution >= 4 is 5.57 Å². The third kappa shape index (κ3) is 2.59. The minimum Gasteiger partial charge on any atom is -0.311 e. The molecule has 92 valence electrons. The van der Waals surface area contributed by atoms with Crippen LogP contribution in [0.1, 0.15) is 18.1 Å². The Balaban J connectivity index is 2.25. The predicted molar refractivity (Wildman–Crippen MR) is 75.6 cm³/mol. The summed E-state index contributed by atoms with van der Waals surface area (Å²) in [4.78, 5) is 12.1. The molecule has 2 heteroatoms. The van der Waals surface area contributed by atoms with Gasteiger partial charge in [0.25, 0.3) is 5.56 Å². The lowest BCUT2D eigenvalue weighted by atomic mass is 10.1. The molecular weight excluding hydrogens is 222 g/mol. The van der Waals surface area contributed by atoms with Crippen molar-refractivity contribution < 1.29 is 0 Å². The quantitative estimate of drug-likeness (QED) is 0.803. The van der Waals surface area contributed by atoms with E-state index >= 15 is 0 Å². The highest BCUT2D eigenvalue weighted by Gasteiger charge is 2.03. The average molecular weight is 239 g/mol. The summed E-state index contributed by atoms with van der Waals surface area (Å²) >= 11 is 0. The van der Waals surface area contributed by atoms with Crippen LogP contribution in [0, 0.1) is 0 Å². The second kappa shape index (κ2) is 5.50. The molecule has 2 aromatic rings. The van der Waals surface area contributed by atoms with E-state index in [0.717, 1.165) is 23.1 Å². The number of aromatic nitrogens is 1. The number of allylic oxidation sites excluding steroid dienone is 1. The Bertz CT molecular complexity index is 596. The summed E-state index contributed by atoms with van der Waals surface area (Å²) in [5.74, 6) is 0. The van der Waals surface area contributed by atoms with E-state index in [4.69, 9.17) is 0 Å². The van der Waals surface area contributed by atoms with Crippen molar-refractivity contribution in [2.24, 2.45) is 0 Å². The fourth-order valence-electron chi connectivity index (χ4n) is 1.95. The van der Waals surface area contributed by atoms with Gasteiger partial charge in [-0.15, -0.1) is 0 Å². The topological polar surface area (TPSA) is 22.0 Å². The molecule has 1 aromatic carbocycles. The maximum absolute atomic E-state index is 12.1. The highest BCUT2D eigenvalue weighted by atomic mass is 16.1. The molecule has 0 saturated carbocycles. The van der Waals surface area contributed by atoms with E-state index < -0.39 is 0 Å². The first kappa shape index (κ1) is 12.4. The van der Waals surface area contributed by atoms with Gasteiger partial charge in [0.1, 0.15) is 0 Å². The SMILES string of the molecule is C=C(Cn1cccc(CC)c1=O)c1ccccc1. The molecule has 0 aliphatic heterocycles. The summed E-state index contributed by atoms with van der Waals surface area (Å²) in [5, 5.41) is 0. The molecule has 0 fully saturated rings. The number of pyridine rings is 1. The van der Waals surface area contributed by atoms with E-state index in [9.17, 15) is 4.79 Å². The number of hydrogen-bond donors (Lipinski definition) is 0. The Morgan fingerprint density at radius 3 is 2.56 bits per heavy atom. The van der Waals surface area contributed by atoms with Crippen molar-refractivity contribution in [1.82, 2.24) is 4.57 Å². The average Bonchev–Trinajstić information content (AvgIpc) is 2.42. The van der Waals surface area contributed by atoms with Crippen molar-refractivity contribution in [3.63, 3.8) is 0 Å². The maximum atomic E-state index is 12.1. The van der Waals surface area contributed by atoms with E-state index in [1.54, 1.807) is 4.57 Å². The Morgan fingerprint density at radius 1 is 1.17 bits per heavy atom. The number of hydrogen-bond acceptors (Lipinski definition) is 1. The molecule has 0 aliphatic carbocycles. The molecule has 0 unspecified atom stereocenters. The summed E-state index contributed by atoms with van der Waals surface area (Å²) in [6.07, 6.45) is 2.58. The highest BCUT2D eigenvalue weighted by molar-refractivity contribution is 5.62. The first-order valence-corrected chi connectivity index (χ1v) is 6.14. The lowest BCUT2D eigenvalue weighted by molar-refractivity contribution is 0.776.